The van der Waals surface area contributed by atoms with E-state index in [0.717, 1.165) is 5.56 Å². The Morgan fingerprint density at radius 2 is 2.00 bits per heavy atom. The third-order valence-electron chi connectivity index (χ3n) is 2.59. The van der Waals surface area contributed by atoms with Crippen molar-refractivity contribution in [3.63, 3.8) is 0 Å². The molecule has 2 aromatic rings. The van der Waals surface area contributed by atoms with E-state index in [2.05, 4.69) is 0 Å². The number of halogens is 1. The van der Waals surface area contributed by atoms with Gasteiger partial charge in [-0.1, -0.05) is 30.3 Å². The molecule has 5 heteroatoms. The first kappa shape index (κ1) is 14.4. The minimum Gasteiger partial charge on any atom is -1.00 e. The zero-order valence-electron chi connectivity index (χ0n) is 10.3. The Morgan fingerprint density at radius 1 is 1.33 bits per heavy atom. The molecule has 0 unspecified atom stereocenters. The molecule has 0 saturated heterocycles. The van der Waals surface area contributed by atoms with Gasteiger partial charge < -0.3 is 17.1 Å². The Balaban J connectivity index is 0.00000162. The molecule has 0 radical (unpaired) electrons. The number of carbonyl (C=O) groups is 1. The molecule has 0 bridgehead atoms. The van der Waals surface area contributed by atoms with Gasteiger partial charge in [0.25, 0.3) is 6.33 Å². The second kappa shape index (κ2) is 6.33. The maximum absolute atomic E-state index is 12.2. The summed E-state index contributed by atoms with van der Waals surface area (Å²) in [5.41, 5.74) is 0.858. The lowest BCUT2D eigenvalue weighted by molar-refractivity contribution is -0.670. The fraction of sp³-hybridized carbons (Fsp3) is 0.231. The molecule has 1 atom stereocenters. The minimum atomic E-state index is -0.566. The standard InChI is InChI=1S/C13H15N2O2.ClH/c1-14-8-9-15(10-14)13(16)12(17-2)11-6-4-3-5-7-11;/h3-10,12H,1-2H3;1H/q+1;/p-1/t12-;/m0./s1. The molecule has 0 amide bonds. The summed E-state index contributed by atoms with van der Waals surface area (Å²) >= 11 is 0. The number of benzene rings is 1. The molecular weight excluding hydrogens is 252 g/mol. The number of rotatable bonds is 3. The molecule has 2 rings (SSSR count). The summed E-state index contributed by atoms with van der Waals surface area (Å²) in [6, 6.07) is 9.47. The largest absolute Gasteiger partial charge is 1.00 e. The lowest BCUT2D eigenvalue weighted by Gasteiger charge is -2.11. The molecule has 0 spiro atoms. The molecular formula is C13H15ClN2O2. The van der Waals surface area contributed by atoms with Crippen molar-refractivity contribution in [1.29, 1.82) is 0 Å². The van der Waals surface area contributed by atoms with Crippen LogP contribution >= 0.6 is 0 Å². The van der Waals surface area contributed by atoms with Crippen LogP contribution < -0.4 is 17.0 Å². The number of imidazole rings is 1. The van der Waals surface area contributed by atoms with Gasteiger partial charge in [-0.05, 0) is 5.56 Å². The van der Waals surface area contributed by atoms with Crippen LogP contribution in [0.15, 0.2) is 49.1 Å². The summed E-state index contributed by atoms with van der Waals surface area (Å²) in [7, 11) is 3.41. The van der Waals surface area contributed by atoms with Crippen LogP contribution in [0.1, 0.15) is 16.5 Å². The van der Waals surface area contributed by atoms with Crippen LogP contribution in [0.2, 0.25) is 0 Å². The minimum absolute atomic E-state index is 0. The number of aryl methyl sites for hydroxylation is 1. The lowest BCUT2D eigenvalue weighted by Crippen LogP contribution is -3.00. The van der Waals surface area contributed by atoms with Gasteiger partial charge in [0, 0.05) is 7.11 Å². The molecule has 0 aliphatic heterocycles. The van der Waals surface area contributed by atoms with E-state index in [4.69, 9.17) is 4.74 Å². The summed E-state index contributed by atoms with van der Waals surface area (Å²) in [4.78, 5) is 12.2. The van der Waals surface area contributed by atoms with Crippen molar-refractivity contribution in [1.82, 2.24) is 4.57 Å². The lowest BCUT2D eigenvalue weighted by atomic mass is 10.1. The van der Waals surface area contributed by atoms with E-state index < -0.39 is 6.10 Å². The molecule has 0 saturated carbocycles. The van der Waals surface area contributed by atoms with Crippen LogP contribution in [0.5, 0.6) is 0 Å². The topological polar surface area (TPSA) is 35.1 Å². The van der Waals surface area contributed by atoms with Gasteiger partial charge in [-0.25, -0.2) is 9.36 Å². The third-order valence-corrected chi connectivity index (χ3v) is 2.59. The van der Waals surface area contributed by atoms with Crippen LogP contribution in [0.3, 0.4) is 0 Å². The maximum atomic E-state index is 12.2. The van der Waals surface area contributed by atoms with E-state index in [1.165, 1.54) is 4.57 Å². The molecule has 18 heavy (non-hydrogen) atoms. The zero-order chi connectivity index (χ0) is 12.3. The van der Waals surface area contributed by atoms with Crippen LogP contribution in [0.25, 0.3) is 0 Å². The predicted octanol–water partition coefficient (Wildman–Crippen LogP) is -1.66. The van der Waals surface area contributed by atoms with Crippen molar-refractivity contribution < 1.29 is 26.5 Å². The van der Waals surface area contributed by atoms with Gasteiger partial charge in [0.05, 0.1) is 7.05 Å². The van der Waals surface area contributed by atoms with Crippen molar-refractivity contribution >= 4 is 5.91 Å². The monoisotopic (exact) mass is 266 g/mol. The summed E-state index contributed by atoms with van der Waals surface area (Å²) in [6.07, 6.45) is 4.69. The number of hydrogen-bond acceptors (Lipinski definition) is 2. The second-order valence-electron chi connectivity index (χ2n) is 3.85. The van der Waals surface area contributed by atoms with Gasteiger partial charge in [-0.2, -0.15) is 4.57 Å². The zero-order valence-corrected chi connectivity index (χ0v) is 11.0. The molecule has 0 aliphatic carbocycles. The molecule has 0 fully saturated rings. The summed E-state index contributed by atoms with van der Waals surface area (Å²) < 4.78 is 8.63. The molecule has 1 heterocycles. The first-order chi connectivity index (χ1) is 8.22. The maximum Gasteiger partial charge on any atom is 0.347 e. The summed E-state index contributed by atoms with van der Waals surface area (Å²) in [6.45, 7) is 0. The average molecular weight is 267 g/mol. The van der Waals surface area contributed by atoms with Gasteiger partial charge in [0.2, 0.25) is 0 Å². The third kappa shape index (κ3) is 2.97. The highest BCUT2D eigenvalue weighted by atomic mass is 35.5. The second-order valence-corrected chi connectivity index (χ2v) is 3.85. The van der Waals surface area contributed by atoms with Crippen LogP contribution in [-0.2, 0) is 11.8 Å². The Morgan fingerprint density at radius 3 is 2.50 bits per heavy atom. The Hall–Kier alpha value is -1.65. The van der Waals surface area contributed by atoms with E-state index in [1.807, 2.05) is 48.1 Å². The summed E-state index contributed by atoms with van der Waals surface area (Å²) in [5, 5.41) is 0. The Labute approximate surface area is 112 Å². The van der Waals surface area contributed by atoms with Gasteiger partial charge in [0.1, 0.15) is 12.4 Å². The van der Waals surface area contributed by atoms with E-state index >= 15 is 0 Å². The summed E-state index contributed by atoms with van der Waals surface area (Å²) in [5.74, 6) is -0.0979. The predicted molar refractivity (Wildman–Crippen MR) is 62.4 cm³/mol. The molecule has 1 aromatic carbocycles. The normalized spacial score (nSPS) is 11.7. The van der Waals surface area contributed by atoms with Crippen molar-refractivity contribution in [3.8, 4) is 0 Å². The van der Waals surface area contributed by atoms with Crippen molar-refractivity contribution in [2.45, 2.75) is 6.10 Å². The number of aromatic nitrogens is 2. The van der Waals surface area contributed by atoms with Crippen molar-refractivity contribution in [3.05, 3.63) is 54.6 Å². The van der Waals surface area contributed by atoms with E-state index in [9.17, 15) is 4.79 Å². The fourth-order valence-corrected chi connectivity index (χ4v) is 1.72. The van der Waals surface area contributed by atoms with Crippen LogP contribution in [0.4, 0.5) is 0 Å². The van der Waals surface area contributed by atoms with Crippen LogP contribution in [-0.4, -0.2) is 17.6 Å². The molecule has 4 nitrogen and oxygen atoms in total. The van der Waals surface area contributed by atoms with E-state index in [-0.39, 0.29) is 18.3 Å². The number of carbonyl (C=O) groups excluding carboxylic acids is 1. The quantitative estimate of drug-likeness (QED) is 0.624. The number of nitrogens with zero attached hydrogens (tertiary/aromatic N) is 2. The average Bonchev–Trinajstić information content (AvgIpc) is 2.78. The molecule has 1 aromatic heterocycles. The fourth-order valence-electron chi connectivity index (χ4n) is 1.72. The first-order valence-electron chi connectivity index (χ1n) is 5.37. The van der Waals surface area contributed by atoms with Gasteiger partial charge in [0.15, 0.2) is 6.10 Å². The highest BCUT2D eigenvalue weighted by Crippen LogP contribution is 2.18. The highest BCUT2D eigenvalue weighted by molar-refractivity contribution is 5.84. The number of ether oxygens (including phenoxy) is 1. The Kier molecular flexibility index (Phi) is 5.07. The van der Waals surface area contributed by atoms with E-state index in [0.29, 0.717) is 0 Å². The molecule has 0 aliphatic rings. The van der Waals surface area contributed by atoms with Crippen molar-refractivity contribution in [2.75, 3.05) is 7.11 Å². The first-order valence-corrected chi connectivity index (χ1v) is 5.37. The molecule has 0 N–H and O–H groups in total. The van der Waals surface area contributed by atoms with Gasteiger partial charge in [-0.15, -0.1) is 0 Å². The van der Waals surface area contributed by atoms with E-state index in [1.54, 1.807) is 19.6 Å². The van der Waals surface area contributed by atoms with Crippen LogP contribution in [0, 0.1) is 0 Å². The smallest absolute Gasteiger partial charge is 0.347 e. The van der Waals surface area contributed by atoms with Crippen molar-refractivity contribution in [2.24, 2.45) is 7.05 Å². The number of methoxy groups -OCH3 is 1. The SMILES string of the molecule is CO[C@H](C(=O)n1cc[n+](C)c1)c1ccccc1.[Cl-]. The van der Waals surface area contributed by atoms with Gasteiger partial charge >= 0.3 is 5.91 Å². The van der Waals surface area contributed by atoms with Gasteiger partial charge in [-0.3, -0.25) is 0 Å². The highest BCUT2D eigenvalue weighted by Gasteiger charge is 2.25. The Bertz CT molecular complexity index is 511. The molecule has 96 valence electrons. The number of hydrogen-bond donors (Lipinski definition) is 0.